The van der Waals surface area contributed by atoms with E-state index in [2.05, 4.69) is 0 Å². The van der Waals surface area contributed by atoms with Gasteiger partial charge in [0.05, 0.1) is 48.4 Å². The van der Waals surface area contributed by atoms with E-state index >= 15 is 0 Å². The zero-order valence-corrected chi connectivity index (χ0v) is 28.7. The Labute approximate surface area is 287 Å². The van der Waals surface area contributed by atoms with Gasteiger partial charge in [0.2, 0.25) is 11.8 Å². The predicted molar refractivity (Wildman–Crippen MR) is 184 cm³/mol. The molecule has 256 valence electrons. The Bertz CT molecular complexity index is 1840. The SMILES string of the molecule is COc1cc2c(cc1OC)CN(C(=O)Cc1ccc(Oc3cc(CC(=O)N4CCc5cc(OC)c(OC)cc5C4)ccc3OC)cc1)CC2. The summed E-state index contributed by atoms with van der Waals surface area (Å²) in [5.74, 6) is 4.48. The summed E-state index contributed by atoms with van der Waals surface area (Å²) in [5.41, 5.74) is 6.18. The molecule has 2 heterocycles. The lowest BCUT2D eigenvalue weighted by Gasteiger charge is -2.30. The Morgan fingerprint density at radius 2 is 0.939 bits per heavy atom. The summed E-state index contributed by atoms with van der Waals surface area (Å²) in [6, 6.07) is 20.9. The third-order valence-electron chi connectivity index (χ3n) is 9.23. The molecule has 0 bridgehead atoms. The molecule has 49 heavy (non-hydrogen) atoms. The fourth-order valence-electron chi connectivity index (χ4n) is 6.48. The highest BCUT2D eigenvalue weighted by Crippen LogP contribution is 2.36. The largest absolute Gasteiger partial charge is 0.493 e. The van der Waals surface area contributed by atoms with Crippen LogP contribution in [0.15, 0.2) is 66.7 Å². The second-order valence-electron chi connectivity index (χ2n) is 12.2. The molecule has 10 heteroatoms. The van der Waals surface area contributed by atoms with E-state index in [4.69, 9.17) is 28.4 Å². The van der Waals surface area contributed by atoms with E-state index in [1.807, 2.05) is 76.5 Å². The molecule has 4 aromatic rings. The number of carbonyl (C=O) groups excluding carboxylic acids is 2. The highest BCUT2D eigenvalue weighted by molar-refractivity contribution is 5.80. The molecule has 0 spiro atoms. The summed E-state index contributed by atoms with van der Waals surface area (Å²) in [5, 5.41) is 0. The molecule has 2 amide bonds. The molecule has 0 fully saturated rings. The number of rotatable bonds is 11. The topological polar surface area (TPSA) is 96.0 Å². The van der Waals surface area contributed by atoms with Gasteiger partial charge < -0.3 is 38.2 Å². The highest BCUT2D eigenvalue weighted by atomic mass is 16.5. The zero-order valence-electron chi connectivity index (χ0n) is 28.7. The summed E-state index contributed by atoms with van der Waals surface area (Å²) in [7, 11) is 8.06. The molecule has 4 aromatic carbocycles. The van der Waals surface area contributed by atoms with E-state index in [-0.39, 0.29) is 24.7 Å². The van der Waals surface area contributed by atoms with Gasteiger partial charge in [-0.15, -0.1) is 0 Å². The van der Waals surface area contributed by atoms with Crippen molar-refractivity contribution in [1.29, 1.82) is 0 Å². The molecule has 0 saturated heterocycles. The molecule has 0 unspecified atom stereocenters. The van der Waals surface area contributed by atoms with Gasteiger partial charge in [0.15, 0.2) is 34.5 Å². The third kappa shape index (κ3) is 7.38. The number of methoxy groups -OCH3 is 5. The van der Waals surface area contributed by atoms with Crippen molar-refractivity contribution in [1.82, 2.24) is 9.80 Å². The number of ether oxygens (including phenoxy) is 6. The van der Waals surface area contributed by atoms with Crippen LogP contribution in [0.2, 0.25) is 0 Å². The molecule has 0 aromatic heterocycles. The van der Waals surface area contributed by atoms with Crippen LogP contribution < -0.4 is 28.4 Å². The van der Waals surface area contributed by atoms with Crippen LogP contribution in [0, 0.1) is 0 Å². The molecular weight excluding hydrogens is 624 g/mol. The van der Waals surface area contributed by atoms with Crippen LogP contribution in [0.1, 0.15) is 33.4 Å². The van der Waals surface area contributed by atoms with Gasteiger partial charge in [0.1, 0.15) is 5.75 Å². The zero-order chi connectivity index (χ0) is 34.5. The normalized spacial score (nSPS) is 13.6. The molecule has 0 saturated carbocycles. The summed E-state index contributed by atoms with van der Waals surface area (Å²) in [4.78, 5) is 30.4. The lowest BCUT2D eigenvalue weighted by molar-refractivity contribution is -0.132. The molecule has 0 atom stereocenters. The van der Waals surface area contributed by atoms with Crippen LogP contribution in [0.5, 0.6) is 40.2 Å². The summed E-state index contributed by atoms with van der Waals surface area (Å²) in [6.07, 6.45) is 2.02. The monoisotopic (exact) mass is 666 g/mol. The number of nitrogens with zero attached hydrogens (tertiary/aromatic N) is 2. The summed E-state index contributed by atoms with van der Waals surface area (Å²) in [6.45, 7) is 2.32. The molecule has 6 rings (SSSR count). The van der Waals surface area contributed by atoms with Gasteiger partial charge in [-0.1, -0.05) is 18.2 Å². The van der Waals surface area contributed by atoms with E-state index in [9.17, 15) is 9.59 Å². The average Bonchev–Trinajstić information content (AvgIpc) is 3.13. The summed E-state index contributed by atoms with van der Waals surface area (Å²) < 4.78 is 33.6. The van der Waals surface area contributed by atoms with Gasteiger partial charge in [0, 0.05) is 26.2 Å². The number of amides is 2. The lowest BCUT2D eigenvalue weighted by Crippen LogP contribution is -2.37. The van der Waals surface area contributed by atoms with E-state index in [0.29, 0.717) is 66.4 Å². The first kappa shape index (κ1) is 33.5. The number of fused-ring (bicyclic) bond motifs is 2. The average molecular weight is 667 g/mol. The smallest absolute Gasteiger partial charge is 0.227 e. The Morgan fingerprint density at radius 3 is 1.41 bits per heavy atom. The van der Waals surface area contributed by atoms with Crippen LogP contribution in [-0.4, -0.2) is 70.3 Å². The standard InChI is InChI=1S/C39H42N2O8/c1-44-32-11-8-26(18-39(43)41-15-13-28-20-34(46-3)36(48-5)22-30(28)24-41)16-37(32)49-31-9-6-25(7-10-31)17-38(42)40-14-12-27-19-33(45-2)35(47-4)21-29(27)23-40/h6-11,16,19-22H,12-15,17-18,23-24H2,1-5H3. The maximum Gasteiger partial charge on any atom is 0.227 e. The van der Waals surface area contributed by atoms with Crippen LogP contribution >= 0.6 is 0 Å². The predicted octanol–water partition coefficient (Wildman–Crippen LogP) is 5.78. The minimum atomic E-state index is 0.0293. The maximum atomic E-state index is 13.4. The molecule has 2 aliphatic heterocycles. The Hall–Kier alpha value is -5.38. The van der Waals surface area contributed by atoms with E-state index in [0.717, 1.165) is 40.7 Å². The van der Waals surface area contributed by atoms with Gasteiger partial charge >= 0.3 is 0 Å². The van der Waals surface area contributed by atoms with E-state index in [1.54, 1.807) is 35.5 Å². The Balaban J connectivity index is 1.07. The molecule has 10 nitrogen and oxygen atoms in total. The molecule has 2 aliphatic rings. The number of hydrogen-bond donors (Lipinski definition) is 0. The molecular formula is C39H42N2O8. The molecule has 0 aliphatic carbocycles. The van der Waals surface area contributed by atoms with Gasteiger partial charge in [-0.3, -0.25) is 9.59 Å². The van der Waals surface area contributed by atoms with Gasteiger partial charge in [-0.05, 0) is 94.8 Å². The second kappa shape index (κ2) is 14.8. The van der Waals surface area contributed by atoms with Crippen molar-refractivity contribution in [3.05, 3.63) is 100 Å². The highest BCUT2D eigenvalue weighted by Gasteiger charge is 2.25. The minimum Gasteiger partial charge on any atom is -0.493 e. The van der Waals surface area contributed by atoms with Crippen molar-refractivity contribution in [3.63, 3.8) is 0 Å². The fourth-order valence-corrected chi connectivity index (χ4v) is 6.48. The van der Waals surface area contributed by atoms with Crippen molar-refractivity contribution >= 4 is 11.8 Å². The quantitative estimate of drug-likeness (QED) is 0.199. The van der Waals surface area contributed by atoms with Crippen LogP contribution in [0.4, 0.5) is 0 Å². The minimum absolute atomic E-state index is 0.0293. The van der Waals surface area contributed by atoms with Crippen molar-refractivity contribution in [2.45, 2.75) is 38.8 Å². The van der Waals surface area contributed by atoms with Gasteiger partial charge in [0.25, 0.3) is 0 Å². The number of hydrogen-bond acceptors (Lipinski definition) is 8. The number of carbonyl (C=O) groups is 2. The molecule has 0 N–H and O–H groups in total. The second-order valence-corrected chi connectivity index (χ2v) is 12.2. The van der Waals surface area contributed by atoms with Crippen molar-refractivity contribution in [3.8, 4) is 40.2 Å². The molecule has 0 radical (unpaired) electrons. The van der Waals surface area contributed by atoms with Crippen LogP contribution in [0.3, 0.4) is 0 Å². The third-order valence-corrected chi connectivity index (χ3v) is 9.23. The van der Waals surface area contributed by atoms with Crippen molar-refractivity contribution < 1.29 is 38.0 Å². The van der Waals surface area contributed by atoms with Crippen LogP contribution in [-0.2, 0) is 48.4 Å². The van der Waals surface area contributed by atoms with E-state index in [1.165, 1.54) is 5.56 Å². The first-order valence-corrected chi connectivity index (χ1v) is 16.3. The van der Waals surface area contributed by atoms with Crippen molar-refractivity contribution in [2.75, 3.05) is 48.6 Å². The van der Waals surface area contributed by atoms with Gasteiger partial charge in [-0.25, -0.2) is 0 Å². The Morgan fingerprint density at radius 1 is 0.510 bits per heavy atom. The summed E-state index contributed by atoms with van der Waals surface area (Å²) >= 11 is 0. The lowest BCUT2D eigenvalue weighted by atomic mass is 9.98. The van der Waals surface area contributed by atoms with E-state index < -0.39 is 0 Å². The van der Waals surface area contributed by atoms with Crippen molar-refractivity contribution in [2.24, 2.45) is 0 Å². The first-order chi connectivity index (χ1) is 23.8. The number of benzene rings is 4. The fraction of sp³-hybridized carbons (Fsp3) is 0.333. The first-order valence-electron chi connectivity index (χ1n) is 16.3. The maximum absolute atomic E-state index is 13.4. The Kier molecular flexibility index (Phi) is 10.1. The van der Waals surface area contributed by atoms with Gasteiger partial charge in [-0.2, -0.15) is 0 Å². The van der Waals surface area contributed by atoms with Crippen LogP contribution in [0.25, 0.3) is 0 Å².